The SMILES string of the molecule is CC(C)(C)OC(=O)N1CCCC1CN1CCc2c(nc(-c3ccc(N)cc3)[nH]c2=O)C1. The van der Waals surface area contributed by atoms with Gasteiger partial charge in [0.1, 0.15) is 11.4 Å². The number of amides is 1. The molecular weight excluding hydrogens is 394 g/mol. The summed E-state index contributed by atoms with van der Waals surface area (Å²) in [6.07, 6.45) is 2.35. The number of H-pyrrole nitrogens is 1. The van der Waals surface area contributed by atoms with Gasteiger partial charge in [-0.3, -0.25) is 9.69 Å². The molecule has 2 aliphatic rings. The zero-order chi connectivity index (χ0) is 22.2. The average Bonchev–Trinajstić information content (AvgIpc) is 3.15. The number of rotatable bonds is 3. The predicted molar refractivity (Wildman–Crippen MR) is 120 cm³/mol. The van der Waals surface area contributed by atoms with Crippen LogP contribution in [0.4, 0.5) is 10.5 Å². The van der Waals surface area contributed by atoms with Gasteiger partial charge in [0, 0.05) is 49.0 Å². The van der Waals surface area contributed by atoms with Crippen LogP contribution in [0.1, 0.15) is 44.9 Å². The maximum absolute atomic E-state index is 12.6. The predicted octanol–water partition coefficient (Wildman–Crippen LogP) is 2.78. The number of ether oxygens (including phenoxy) is 1. The maximum Gasteiger partial charge on any atom is 0.410 e. The van der Waals surface area contributed by atoms with E-state index in [1.807, 2.05) is 37.8 Å². The largest absolute Gasteiger partial charge is 0.444 e. The molecule has 1 saturated heterocycles. The maximum atomic E-state index is 12.6. The highest BCUT2D eigenvalue weighted by molar-refractivity contribution is 5.69. The Morgan fingerprint density at radius 3 is 2.71 bits per heavy atom. The van der Waals surface area contributed by atoms with Gasteiger partial charge < -0.3 is 20.4 Å². The molecule has 2 aliphatic heterocycles. The van der Waals surface area contributed by atoms with Crippen molar-refractivity contribution in [1.82, 2.24) is 19.8 Å². The Morgan fingerprint density at radius 1 is 1.26 bits per heavy atom. The van der Waals surface area contributed by atoms with Crippen LogP contribution in [0.25, 0.3) is 11.4 Å². The molecule has 0 saturated carbocycles. The Bertz CT molecular complexity index is 1010. The van der Waals surface area contributed by atoms with Crippen molar-refractivity contribution in [2.24, 2.45) is 0 Å². The fourth-order valence-electron chi connectivity index (χ4n) is 4.31. The molecule has 0 aliphatic carbocycles. The van der Waals surface area contributed by atoms with Crippen LogP contribution in [0, 0.1) is 0 Å². The quantitative estimate of drug-likeness (QED) is 0.733. The van der Waals surface area contributed by atoms with Gasteiger partial charge in [-0.05, 0) is 64.3 Å². The number of nitrogens with two attached hydrogens (primary N) is 1. The number of hydrogen-bond donors (Lipinski definition) is 2. The first-order valence-corrected chi connectivity index (χ1v) is 10.9. The standard InChI is InChI=1S/C23H31N5O3/c1-23(2,3)31-22(30)28-11-4-5-17(28)13-27-12-10-18-19(14-27)25-20(26-21(18)29)15-6-8-16(24)9-7-15/h6-9,17H,4-5,10-14,24H2,1-3H3,(H,25,26,29). The molecule has 8 nitrogen and oxygen atoms in total. The molecule has 3 heterocycles. The number of fused-ring (bicyclic) bond motifs is 1. The summed E-state index contributed by atoms with van der Waals surface area (Å²) in [5.41, 5.74) is 8.26. The third-order valence-electron chi connectivity index (χ3n) is 5.81. The van der Waals surface area contributed by atoms with Crippen molar-refractivity contribution in [2.45, 2.75) is 58.2 Å². The van der Waals surface area contributed by atoms with E-state index >= 15 is 0 Å². The third kappa shape index (κ3) is 4.90. The lowest BCUT2D eigenvalue weighted by Gasteiger charge is -2.34. The first-order chi connectivity index (χ1) is 14.7. The van der Waals surface area contributed by atoms with Crippen molar-refractivity contribution in [3.8, 4) is 11.4 Å². The smallest absolute Gasteiger partial charge is 0.410 e. The summed E-state index contributed by atoms with van der Waals surface area (Å²) in [5.74, 6) is 0.557. The van der Waals surface area contributed by atoms with E-state index in [1.54, 1.807) is 12.1 Å². The third-order valence-corrected chi connectivity index (χ3v) is 5.81. The van der Waals surface area contributed by atoms with Gasteiger partial charge in [0.15, 0.2) is 0 Å². The summed E-state index contributed by atoms with van der Waals surface area (Å²) in [6.45, 7) is 8.52. The van der Waals surface area contributed by atoms with Crippen molar-refractivity contribution in [3.63, 3.8) is 0 Å². The molecule has 0 radical (unpaired) electrons. The van der Waals surface area contributed by atoms with Gasteiger partial charge in [-0.15, -0.1) is 0 Å². The Kier molecular flexibility index (Phi) is 5.75. The second-order valence-electron chi connectivity index (χ2n) is 9.42. The normalized spacial score (nSPS) is 19.3. The number of hydrogen-bond acceptors (Lipinski definition) is 6. The zero-order valence-electron chi connectivity index (χ0n) is 18.5. The minimum absolute atomic E-state index is 0.0762. The average molecular weight is 426 g/mol. The van der Waals surface area contributed by atoms with E-state index in [1.165, 1.54) is 0 Å². The molecule has 166 valence electrons. The molecule has 1 unspecified atom stereocenters. The number of carbonyl (C=O) groups excluding carboxylic acids is 1. The number of carbonyl (C=O) groups is 1. The van der Waals surface area contributed by atoms with E-state index < -0.39 is 5.60 Å². The van der Waals surface area contributed by atoms with Crippen LogP contribution < -0.4 is 11.3 Å². The molecule has 0 bridgehead atoms. The van der Waals surface area contributed by atoms with Gasteiger partial charge >= 0.3 is 6.09 Å². The Morgan fingerprint density at radius 2 is 2.00 bits per heavy atom. The molecule has 1 fully saturated rings. The number of nitrogens with zero attached hydrogens (tertiary/aromatic N) is 3. The monoisotopic (exact) mass is 425 g/mol. The topological polar surface area (TPSA) is 105 Å². The molecule has 2 aromatic rings. The second kappa shape index (κ2) is 8.34. The van der Waals surface area contributed by atoms with Crippen molar-refractivity contribution < 1.29 is 9.53 Å². The number of aromatic nitrogens is 2. The lowest BCUT2D eigenvalue weighted by atomic mass is 10.0. The lowest BCUT2D eigenvalue weighted by Crippen LogP contribution is -2.46. The van der Waals surface area contributed by atoms with Crippen LogP contribution in [-0.2, 0) is 17.7 Å². The fraction of sp³-hybridized carbons (Fsp3) is 0.522. The first kappa shape index (κ1) is 21.4. The Balaban J connectivity index is 1.49. The molecular formula is C23H31N5O3. The van der Waals surface area contributed by atoms with Crippen molar-refractivity contribution in [3.05, 3.63) is 45.9 Å². The molecule has 4 rings (SSSR count). The Hall–Kier alpha value is -2.87. The van der Waals surface area contributed by atoms with Crippen molar-refractivity contribution in [2.75, 3.05) is 25.4 Å². The summed E-state index contributed by atoms with van der Waals surface area (Å²) in [7, 11) is 0. The van der Waals surface area contributed by atoms with Crippen molar-refractivity contribution in [1.29, 1.82) is 0 Å². The highest BCUT2D eigenvalue weighted by Crippen LogP contribution is 2.24. The van der Waals surface area contributed by atoms with Gasteiger partial charge in [0.05, 0.1) is 5.69 Å². The van der Waals surface area contributed by atoms with Crippen LogP contribution in [0.3, 0.4) is 0 Å². The first-order valence-electron chi connectivity index (χ1n) is 10.9. The highest BCUT2D eigenvalue weighted by atomic mass is 16.6. The van der Waals surface area contributed by atoms with E-state index in [4.69, 9.17) is 15.5 Å². The molecule has 1 atom stereocenters. The van der Waals surface area contributed by atoms with Crippen LogP contribution >= 0.6 is 0 Å². The molecule has 8 heteroatoms. The summed E-state index contributed by atoms with van der Waals surface area (Å²) >= 11 is 0. The van der Waals surface area contributed by atoms with Gasteiger partial charge in [-0.25, -0.2) is 9.78 Å². The highest BCUT2D eigenvalue weighted by Gasteiger charge is 2.34. The van der Waals surface area contributed by atoms with E-state index in [-0.39, 0.29) is 17.7 Å². The number of aromatic amines is 1. The van der Waals surface area contributed by atoms with Crippen LogP contribution in [0.15, 0.2) is 29.1 Å². The van der Waals surface area contributed by atoms with Gasteiger partial charge in [0.25, 0.3) is 5.56 Å². The van der Waals surface area contributed by atoms with E-state index in [0.717, 1.165) is 49.3 Å². The number of benzene rings is 1. The number of nitrogens with one attached hydrogen (secondary N) is 1. The fourth-order valence-corrected chi connectivity index (χ4v) is 4.31. The van der Waals surface area contributed by atoms with Crippen molar-refractivity contribution >= 4 is 11.8 Å². The van der Waals surface area contributed by atoms with E-state index in [9.17, 15) is 9.59 Å². The molecule has 3 N–H and O–H groups in total. The molecule has 0 spiro atoms. The molecule has 1 amide bonds. The van der Waals surface area contributed by atoms with Gasteiger partial charge in [0.2, 0.25) is 0 Å². The molecule has 1 aromatic heterocycles. The molecule has 1 aromatic carbocycles. The van der Waals surface area contributed by atoms with Gasteiger partial charge in [-0.1, -0.05) is 0 Å². The summed E-state index contributed by atoms with van der Waals surface area (Å²) < 4.78 is 5.59. The number of anilines is 1. The van der Waals surface area contributed by atoms with Crippen LogP contribution in [0.2, 0.25) is 0 Å². The Labute approximate surface area is 182 Å². The van der Waals surface area contributed by atoms with E-state index in [2.05, 4.69) is 9.88 Å². The second-order valence-corrected chi connectivity index (χ2v) is 9.42. The van der Waals surface area contributed by atoms with Crippen LogP contribution in [0.5, 0.6) is 0 Å². The zero-order valence-corrected chi connectivity index (χ0v) is 18.5. The summed E-state index contributed by atoms with van der Waals surface area (Å²) in [6, 6.07) is 7.43. The number of likely N-dealkylation sites (tertiary alicyclic amines) is 1. The van der Waals surface area contributed by atoms with Gasteiger partial charge in [-0.2, -0.15) is 0 Å². The summed E-state index contributed by atoms with van der Waals surface area (Å²) in [5, 5.41) is 0. The number of nitrogen functional groups attached to an aromatic ring is 1. The van der Waals surface area contributed by atoms with Crippen LogP contribution in [-0.4, -0.2) is 57.1 Å². The van der Waals surface area contributed by atoms with E-state index in [0.29, 0.717) is 24.5 Å². The lowest BCUT2D eigenvalue weighted by molar-refractivity contribution is 0.0191. The minimum atomic E-state index is -0.502. The minimum Gasteiger partial charge on any atom is -0.444 e. The molecule has 31 heavy (non-hydrogen) atoms. The summed E-state index contributed by atoms with van der Waals surface area (Å²) in [4.78, 5) is 37.0.